The summed E-state index contributed by atoms with van der Waals surface area (Å²) in [4.78, 5) is 16.6. The Labute approximate surface area is 126 Å². The van der Waals surface area contributed by atoms with Crippen molar-refractivity contribution in [2.45, 2.75) is 6.54 Å². The molecule has 0 unspecified atom stereocenters. The number of nitrogens with zero attached hydrogens (tertiary/aromatic N) is 2. The van der Waals surface area contributed by atoms with E-state index in [-0.39, 0.29) is 0 Å². The second kappa shape index (κ2) is 5.61. The fourth-order valence-corrected chi connectivity index (χ4v) is 2.40. The van der Waals surface area contributed by atoms with Crippen LogP contribution >= 0.6 is 11.6 Å². The van der Waals surface area contributed by atoms with Crippen LogP contribution in [0.2, 0.25) is 5.15 Å². The maximum absolute atomic E-state index is 11.2. The molecule has 1 amide bonds. The van der Waals surface area contributed by atoms with Crippen LogP contribution in [0.4, 0.5) is 4.79 Å². The molecule has 0 saturated carbocycles. The highest BCUT2D eigenvalue weighted by Gasteiger charge is 2.19. The minimum Gasteiger partial charge on any atom is -0.491 e. The van der Waals surface area contributed by atoms with Crippen molar-refractivity contribution in [3.05, 3.63) is 47.2 Å². The first-order chi connectivity index (χ1) is 10.1. The van der Waals surface area contributed by atoms with Gasteiger partial charge in [-0.15, -0.1) is 0 Å². The van der Waals surface area contributed by atoms with Gasteiger partial charge >= 0.3 is 6.09 Å². The molecule has 6 heteroatoms. The second-order valence-corrected chi connectivity index (χ2v) is 5.13. The number of hydrogen-bond acceptors (Lipinski definition) is 3. The third kappa shape index (κ3) is 2.92. The molecule has 1 aromatic heterocycles. The number of hydrogen-bond donors (Lipinski definition) is 1. The molecule has 0 fully saturated rings. The van der Waals surface area contributed by atoms with Crippen LogP contribution < -0.4 is 4.74 Å². The molecule has 2 aromatic rings. The van der Waals surface area contributed by atoms with Crippen LogP contribution in [0.5, 0.6) is 5.75 Å². The Bertz CT molecular complexity index is 673. The number of amides is 1. The van der Waals surface area contributed by atoms with Crippen LogP contribution in [0.15, 0.2) is 36.5 Å². The molecule has 3 rings (SSSR count). The number of halogens is 1. The van der Waals surface area contributed by atoms with Gasteiger partial charge in [0.15, 0.2) is 0 Å². The zero-order chi connectivity index (χ0) is 14.8. The zero-order valence-electron chi connectivity index (χ0n) is 11.1. The fourth-order valence-electron chi connectivity index (χ4n) is 2.28. The van der Waals surface area contributed by atoms with E-state index in [9.17, 15) is 4.79 Å². The van der Waals surface area contributed by atoms with Gasteiger partial charge in [0, 0.05) is 17.3 Å². The topological polar surface area (TPSA) is 62.7 Å². The fraction of sp³-hybridized carbons (Fsp3) is 0.200. The van der Waals surface area contributed by atoms with Gasteiger partial charge in [0.1, 0.15) is 17.5 Å². The van der Waals surface area contributed by atoms with Gasteiger partial charge in [0.25, 0.3) is 0 Å². The molecule has 1 N–H and O–H groups in total. The normalized spacial score (nSPS) is 14.0. The van der Waals surface area contributed by atoms with E-state index in [0.717, 1.165) is 22.4 Å². The summed E-state index contributed by atoms with van der Waals surface area (Å²) in [5, 5.41) is 9.59. The Hall–Kier alpha value is -2.27. The van der Waals surface area contributed by atoms with Crippen LogP contribution in [-0.4, -0.2) is 34.2 Å². The average molecular weight is 305 g/mol. The number of carboxylic acid groups (broad SMARTS) is 1. The van der Waals surface area contributed by atoms with Gasteiger partial charge in [-0.3, -0.25) is 0 Å². The summed E-state index contributed by atoms with van der Waals surface area (Å²) in [6, 6.07) is 9.33. The first-order valence-corrected chi connectivity index (χ1v) is 6.87. The third-order valence-corrected chi connectivity index (χ3v) is 3.60. The SMILES string of the molecule is O=C(O)N1CCOc2ccc(-c3ccc(Cl)nc3)cc2C1. The highest BCUT2D eigenvalue weighted by Crippen LogP contribution is 2.29. The molecule has 1 aliphatic heterocycles. The van der Waals surface area contributed by atoms with Crippen molar-refractivity contribution in [2.24, 2.45) is 0 Å². The number of fused-ring (bicyclic) bond motifs is 1. The van der Waals surface area contributed by atoms with Crippen LogP contribution in [0.3, 0.4) is 0 Å². The summed E-state index contributed by atoms with van der Waals surface area (Å²) in [5.74, 6) is 0.726. The van der Waals surface area contributed by atoms with E-state index in [0.29, 0.717) is 24.8 Å². The molecule has 0 atom stereocenters. The molecule has 108 valence electrons. The average Bonchev–Trinajstić information content (AvgIpc) is 2.69. The predicted molar refractivity (Wildman–Crippen MR) is 78.6 cm³/mol. The largest absolute Gasteiger partial charge is 0.491 e. The highest BCUT2D eigenvalue weighted by atomic mass is 35.5. The van der Waals surface area contributed by atoms with Gasteiger partial charge in [-0.2, -0.15) is 0 Å². The van der Waals surface area contributed by atoms with Crippen molar-refractivity contribution in [1.29, 1.82) is 0 Å². The van der Waals surface area contributed by atoms with E-state index in [4.69, 9.17) is 21.4 Å². The third-order valence-electron chi connectivity index (χ3n) is 3.37. The lowest BCUT2D eigenvalue weighted by molar-refractivity contribution is 0.138. The second-order valence-electron chi connectivity index (χ2n) is 4.74. The van der Waals surface area contributed by atoms with Gasteiger partial charge in [-0.1, -0.05) is 17.7 Å². The minimum absolute atomic E-state index is 0.319. The molecule has 2 heterocycles. The van der Waals surface area contributed by atoms with E-state index in [2.05, 4.69) is 4.98 Å². The number of carbonyl (C=O) groups is 1. The van der Waals surface area contributed by atoms with E-state index < -0.39 is 6.09 Å². The molecule has 1 aromatic carbocycles. The van der Waals surface area contributed by atoms with E-state index in [1.54, 1.807) is 12.3 Å². The van der Waals surface area contributed by atoms with E-state index >= 15 is 0 Å². The first kappa shape index (κ1) is 13.7. The molecule has 0 aliphatic carbocycles. The molecule has 1 aliphatic rings. The van der Waals surface area contributed by atoms with Gasteiger partial charge in [-0.25, -0.2) is 9.78 Å². The molecule has 0 spiro atoms. The number of rotatable bonds is 1. The summed E-state index contributed by atoms with van der Waals surface area (Å²) in [6.45, 7) is 1.04. The smallest absolute Gasteiger partial charge is 0.407 e. The minimum atomic E-state index is -0.940. The first-order valence-electron chi connectivity index (χ1n) is 6.49. The quantitative estimate of drug-likeness (QED) is 0.821. The van der Waals surface area contributed by atoms with Gasteiger partial charge in [-0.05, 0) is 29.8 Å². The number of aromatic nitrogens is 1. The van der Waals surface area contributed by atoms with Crippen LogP contribution in [0, 0.1) is 0 Å². The molecule has 5 nitrogen and oxygen atoms in total. The maximum Gasteiger partial charge on any atom is 0.407 e. The summed E-state index contributed by atoms with van der Waals surface area (Å²) < 4.78 is 5.60. The Morgan fingerprint density at radius 2 is 2.10 bits per heavy atom. The van der Waals surface area contributed by atoms with Crippen molar-refractivity contribution >= 4 is 17.7 Å². The molecular weight excluding hydrogens is 292 g/mol. The van der Waals surface area contributed by atoms with Crippen molar-refractivity contribution in [1.82, 2.24) is 9.88 Å². The Kier molecular flexibility index (Phi) is 3.66. The van der Waals surface area contributed by atoms with Crippen molar-refractivity contribution in [3.8, 4) is 16.9 Å². The number of ether oxygens (including phenoxy) is 1. The van der Waals surface area contributed by atoms with Crippen LogP contribution in [0.1, 0.15) is 5.56 Å². The molecule has 0 radical (unpaired) electrons. The highest BCUT2D eigenvalue weighted by molar-refractivity contribution is 6.29. The van der Waals surface area contributed by atoms with Crippen LogP contribution in [-0.2, 0) is 6.54 Å². The Morgan fingerprint density at radius 1 is 1.29 bits per heavy atom. The lowest BCUT2D eigenvalue weighted by Crippen LogP contribution is -2.30. The molecule has 0 saturated heterocycles. The van der Waals surface area contributed by atoms with E-state index in [1.165, 1.54) is 4.90 Å². The number of benzene rings is 1. The predicted octanol–water partition coefficient (Wildman–Crippen LogP) is 3.27. The summed E-state index contributed by atoms with van der Waals surface area (Å²) in [5.41, 5.74) is 2.73. The lowest BCUT2D eigenvalue weighted by atomic mass is 10.0. The molecular formula is C15H13ClN2O3. The molecule has 21 heavy (non-hydrogen) atoms. The van der Waals surface area contributed by atoms with E-state index in [1.807, 2.05) is 24.3 Å². The van der Waals surface area contributed by atoms with Gasteiger partial charge in [0.05, 0.1) is 13.1 Å². The summed E-state index contributed by atoms with van der Waals surface area (Å²) in [7, 11) is 0. The summed E-state index contributed by atoms with van der Waals surface area (Å²) >= 11 is 5.79. The zero-order valence-corrected chi connectivity index (χ0v) is 11.9. The van der Waals surface area contributed by atoms with Crippen molar-refractivity contribution in [3.63, 3.8) is 0 Å². The lowest BCUT2D eigenvalue weighted by Gasteiger charge is -2.15. The van der Waals surface area contributed by atoms with Crippen LogP contribution in [0.25, 0.3) is 11.1 Å². The summed E-state index contributed by atoms with van der Waals surface area (Å²) in [6.07, 6.45) is 0.751. The van der Waals surface area contributed by atoms with Crippen molar-refractivity contribution < 1.29 is 14.6 Å². The van der Waals surface area contributed by atoms with Crippen molar-refractivity contribution in [2.75, 3.05) is 13.2 Å². The number of pyridine rings is 1. The monoisotopic (exact) mass is 304 g/mol. The Morgan fingerprint density at radius 3 is 2.81 bits per heavy atom. The Balaban J connectivity index is 1.96. The van der Waals surface area contributed by atoms with Gasteiger partial charge < -0.3 is 14.7 Å². The standard InChI is InChI=1S/C15H13ClN2O3/c16-14-4-2-11(8-17-14)10-1-3-13-12(7-10)9-18(15(19)20)5-6-21-13/h1-4,7-8H,5-6,9H2,(H,19,20). The maximum atomic E-state index is 11.2. The molecule has 0 bridgehead atoms. The van der Waals surface area contributed by atoms with Gasteiger partial charge in [0.2, 0.25) is 0 Å².